The standard InChI is InChI=1S/C10H16S/c11-10-4-7-1-8(5-10)3-9(2-7)6-10/h7-9,11H,1-6H2/p-1. The highest BCUT2D eigenvalue weighted by Crippen LogP contribution is 2.55. The Labute approximate surface area is 74.2 Å². The van der Waals surface area contributed by atoms with Crippen LogP contribution in [0.25, 0.3) is 0 Å². The zero-order chi connectivity index (χ0) is 7.47. The summed E-state index contributed by atoms with van der Waals surface area (Å²) in [6, 6.07) is 0. The minimum atomic E-state index is 0.384. The molecule has 0 aromatic rings. The van der Waals surface area contributed by atoms with Crippen LogP contribution in [0, 0.1) is 17.8 Å². The average molecular weight is 167 g/mol. The number of hydrogen-bond donors (Lipinski definition) is 0. The van der Waals surface area contributed by atoms with E-state index < -0.39 is 0 Å². The topological polar surface area (TPSA) is 0 Å². The summed E-state index contributed by atoms with van der Waals surface area (Å²) in [7, 11) is 0. The third-order valence-electron chi connectivity index (χ3n) is 3.98. The van der Waals surface area contributed by atoms with E-state index in [9.17, 15) is 0 Å². The lowest BCUT2D eigenvalue weighted by Crippen LogP contribution is -2.49. The fraction of sp³-hybridized carbons (Fsp3) is 1.00. The highest BCUT2D eigenvalue weighted by Gasteiger charge is 2.43. The van der Waals surface area contributed by atoms with Crippen molar-refractivity contribution in [1.82, 2.24) is 0 Å². The van der Waals surface area contributed by atoms with E-state index in [-0.39, 0.29) is 0 Å². The molecular formula is C10H15S-. The molecule has 0 atom stereocenters. The zero-order valence-corrected chi connectivity index (χ0v) is 7.70. The number of rotatable bonds is 0. The molecule has 0 heterocycles. The molecule has 0 amide bonds. The van der Waals surface area contributed by atoms with E-state index in [1.165, 1.54) is 38.5 Å². The molecule has 0 radical (unpaired) electrons. The quantitative estimate of drug-likeness (QED) is 0.500. The molecule has 0 unspecified atom stereocenters. The summed E-state index contributed by atoms with van der Waals surface area (Å²) in [4.78, 5) is 0. The summed E-state index contributed by atoms with van der Waals surface area (Å²) < 4.78 is 0.384. The Balaban J connectivity index is 1.94. The second-order valence-corrected chi connectivity index (χ2v) is 5.97. The molecule has 0 saturated heterocycles. The summed E-state index contributed by atoms with van der Waals surface area (Å²) >= 11 is 5.69. The van der Waals surface area contributed by atoms with Crippen LogP contribution in [-0.4, -0.2) is 4.75 Å². The Morgan fingerprint density at radius 3 is 1.45 bits per heavy atom. The van der Waals surface area contributed by atoms with Gasteiger partial charge in [-0.2, -0.15) is 4.75 Å². The maximum absolute atomic E-state index is 5.69. The smallest absolute Gasteiger partial charge is 0.0422 e. The molecule has 11 heavy (non-hydrogen) atoms. The molecule has 4 rings (SSSR count). The minimum absolute atomic E-state index is 0.384. The molecule has 0 aromatic carbocycles. The van der Waals surface area contributed by atoms with Gasteiger partial charge >= 0.3 is 0 Å². The monoisotopic (exact) mass is 167 g/mol. The third-order valence-corrected chi connectivity index (χ3v) is 4.48. The summed E-state index contributed by atoms with van der Waals surface area (Å²) in [5.74, 6) is 3.12. The first kappa shape index (κ1) is 6.82. The van der Waals surface area contributed by atoms with Gasteiger partial charge in [-0.1, -0.05) is 19.3 Å². The molecular weight excluding hydrogens is 152 g/mol. The van der Waals surface area contributed by atoms with Crippen LogP contribution in [0.3, 0.4) is 0 Å². The lowest BCUT2D eigenvalue weighted by atomic mass is 9.56. The van der Waals surface area contributed by atoms with Crippen molar-refractivity contribution >= 4 is 12.6 Å². The lowest BCUT2D eigenvalue weighted by molar-refractivity contribution is 0.0388. The highest BCUT2D eigenvalue weighted by molar-refractivity contribution is 7.60. The van der Waals surface area contributed by atoms with E-state index in [2.05, 4.69) is 0 Å². The maximum Gasteiger partial charge on any atom is -0.0422 e. The van der Waals surface area contributed by atoms with Gasteiger partial charge in [0.2, 0.25) is 0 Å². The summed E-state index contributed by atoms with van der Waals surface area (Å²) in [6.07, 6.45) is 8.72. The lowest BCUT2D eigenvalue weighted by Gasteiger charge is -2.61. The van der Waals surface area contributed by atoms with Gasteiger partial charge in [0.1, 0.15) is 0 Å². The fourth-order valence-electron chi connectivity index (χ4n) is 4.03. The van der Waals surface area contributed by atoms with Crippen LogP contribution in [-0.2, 0) is 12.6 Å². The first-order chi connectivity index (χ1) is 5.23. The predicted octanol–water partition coefficient (Wildman–Crippen LogP) is 2.50. The molecule has 0 N–H and O–H groups in total. The van der Waals surface area contributed by atoms with Gasteiger partial charge in [0.25, 0.3) is 0 Å². The fourth-order valence-corrected chi connectivity index (χ4v) is 4.74. The Bertz CT molecular complexity index is 150. The van der Waals surface area contributed by atoms with Crippen LogP contribution in [0.4, 0.5) is 0 Å². The van der Waals surface area contributed by atoms with E-state index in [1.54, 1.807) is 0 Å². The molecule has 0 spiro atoms. The van der Waals surface area contributed by atoms with Crippen molar-refractivity contribution in [1.29, 1.82) is 0 Å². The molecule has 0 aliphatic heterocycles. The van der Waals surface area contributed by atoms with Gasteiger partial charge in [0.05, 0.1) is 0 Å². The molecule has 0 aromatic heterocycles. The second-order valence-electron chi connectivity index (χ2n) is 5.10. The predicted molar refractivity (Wildman–Crippen MR) is 48.3 cm³/mol. The van der Waals surface area contributed by atoms with Crippen molar-refractivity contribution in [2.24, 2.45) is 17.8 Å². The first-order valence-corrected chi connectivity index (χ1v) is 5.35. The minimum Gasteiger partial charge on any atom is -0.786 e. The zero-order valence-electron chi connectivity index (χ0n) is 6.88. The van der Waals surface area contributed by atoms with Crippen LogP contribution >= 0.6 is 0 Å². The molecule has 4 saturated carbocycles. The Morgan fingerprint density at radius 1 is 0.818 bits per heavy atom. The van der Waals surface area contributed by atoms with Crippen LogP contribution in [0.1, 0.15) is 38.5 Å². The van der Waals surface area contributed by atoms with Gasteiger partial charge in [-0.3, -0.25) is 0 Å². The van der Waals surface area contributed by atoms with Gasteiger partial charge in [-0.25, -0.2) is 0 Å². The van der Waals surface area contributed by atoms with Crippen molar-refractivity contribution in [3.05, 3.63) is 0 Å². The van der Waals surface area contributed by atoms with Crippen molar-refractivity contribution in [2.45, 2.75) is 43.3 Å². The maximum atomic E-state index is 5.69. The van der Waals surface area contributed by atoms with E-state index in [4.69, 9.17) is 12.6 Å². The van der Waals surface area contributed by atoms with E-state index in [0.717, 1.165) is 17.8 Å². The van der Waals surface area contributed by atoms with Gasteiger partial charge in [0.15, 0.2) is 0 Å². The summed E-state index contributed by atoms with van der Waals surface area (Å²) in [6.45, 7) is 0. The molecule has 1 heteroatoms. The van der Waals surface area contributed by atoms with Crippen LogP contribution in [0.5, 0.6) is 0 Å². The SMILES string of the molecule is [S-]C12CC3CC(CC(C3)C1)C2. The van der Waals surface area contributed by atoms with Crippen molar-refractivity contribution in [3.63, 3.8) is 0 Å². The molecule has 4 bridgehead atoms. The normalized spacial score (nSPS) is 60.3. The molecule has 4 aliphatic rings. The van der Waals surface area contributed by atoms with E-state index in [1.807, 2.05) is 0 Å². The third kappa shape index (κ3) is 0.965. The van der Waals surface area contributed by atoms with Crippen molar-refractivity contribution in [2.75, 3.05) is 0 Å². The molecule has 0 nitrogen and oxygen atoms in total. The molecule has 4 fully saturated rings. The van der Waals surface area contributed by atoms with Gasteiger partial charge in [-0.05, 0) is 37.0 Å². The number of hydrogen-bond acceptors (Lipinski definition) is 1. The molecule has 62 valence electrons. The van der Waals surface area contributed by atoms with Crippen molar-refractivity contribution < 1.29 is 0 Å². The second kappa shape index (κ2) is 1.99. The van der Waals surface area contributed by atoms with E-state index in [0.29, 0.717) is 4.75 Å². The average Bonchev–Trinajstić information content (AvgIpc) is 1.79. The molecule has 4 aliphatic carbocycles. The Hall–Kier alpha value is 0.350. The van der Waals surface area contributed by atoms with Gasteiger partial charge in [-0.15, -0.1) is 0 Å². The largest absolute Gasteiger partial charge is 0.786 e. The Morgan fingerprint density at radius 2 is 1.18 bits per heavy atom. The van der Waals surface area contributed by atoms with Gasteiger partial charge in [0, 0.05) is 0 Å². The summed E-state index contributed by atoms with van der Waals surface area (Å²) in [5, 5.41) is 0. The van der Waals surface area contributed by atoms with Crippen LogP contribution in [0.2, 0.25) is 0 Å². The highest BCUT2D eigenvalue weighted by atomic mass is 32.1. The van der Waals surface area contributed by atoms with Crippen molar-refractivity contribution in [3.8, 4) is 0 Å². The van der Waals surface area contributed by atoms with E-state index >= 15 is 0 Å². The van der Waals surface area contributed by atoms with Gasteiger partial charge < -0.3 is 12.6 Å². The Kier molecular flexibility index (Phi) is 1.23. The first-order valence-electron chi connectivity index (χ1n) is 4.94. The summed E-state index contributed by atoms with van der Waals surface area (Å²) in [5.41, 5.74) is 0. The van der Waals surface area contributed by atoms with Crippen LogP contribution in [0.15, 0.2) is 0 Å². The van der Waals surface area contributed by atoms with Crippen LogP contribution < -0.4 is 0 Å².